The van der Waals surface area contributed by atoms with E-state index in [1.54, 1.807) is 0 Å². The number of amidine groups is 1. The topological polar surface area (TPSA) is 104 Å². The van der Waals surface area contributed by atoms with E-state index >= 15 is 0 Å². The molecule has 0 atom stereocenters. The molecular weight excluding hydrogens is 356 g/mol. The molecule has 4 aliphatic rings. The lowest BCUT2D eigenvalue weighted by Crippen LogP contribution is -2.54. The van der Waals surface area contributed by atoms with E-state index in [0.717, 1.165) is 25.0 Å². The fraction of sp³-hybridized carbons (Fsp3) is 0.611. The van der Waals surface area contributed by atoms with Gasteiger partial charge in [0.25, 0.3) is 10.1 Å². The highest BCUT2D eigenvalue weighted by Crippen LogP contribution is 2.58. The van der Waals surface area contributed by atoms with Crippen LogP contribution >= 0.6 is 11.8 Å². The van der Waals surface area contributed by atoms with Crippen LogP contribution in [0.5, 0.6) is 0 Å². The summed E-state index contributed by atoms with van der Waals surface area (Å²) in [5.41, 5.74) is 6.39. The molecule has 0 spiro atoms. The number of nitrogens with two attached hydrogens (primary N) is 1. The molecule has 0 amide bonds. The van der Waals surface area contributed by atoms with E-state index in [1.165, 1.54) is 36.6 Å². The van der Waals surface area contributed by atoms with Crippen LogP contribution in [0.2, 0.25) is 0 Å². The highest BCUT2D eigenvalue weighted by atomic mass is 32.2. The summed E-state index contributed by atoms with van der Waals surface area (Å²) >= 11 is 1.35. The second-order valence-electron chi connectivity index (χ2n) is 7.71. The Morgan fingerprint density at radius 1 is 1.12 bits per heavy atom. The van der Waals surface area contributed by atoms with Crippen molar-refractivity contribution in [1.82, 2.24) is 0 Å². The molecule has 5 rings (SSSR count). The molecule has 25 heavy (non-hydrogen) atoms. The summed E-state index contributed by atoms with van der Waals surface area (Å²) in [6, 6.07) is 9.99. The highest BCUT2D eigenvalue weighted by molar-refractivity contribution is 8.13. The number of hydrogen-bond donors (Lipinski definition) is 3. The van der Waals surface area contributed by atoms with E-state index in [4.69, 9.17) is 11.1 Å². The average molecular weight is 383 g/mol. The van der Waals surface area contributed by atoms with Gasteiger partial charge in [-0.15, -0.1) is 0 Å². The number of rotatable bonds is 3. The second kappa shape index (κ2) is 7.29. The van der Waals surface area contributed by atoms with Crippen LogP contribution in [0.15, 0.2) is 30.3 Å². The van der Waals surface area contributed by atoms with Gasteiger partial charge in [-0.25, -0.2) is 0 Å². The van der Waals surface area contributed by atoms with Gasteiger partial charge in [-0.1, -0.05) is 42.1 Å². The van der Waals surface area contributed by atoms with E-state index in [-0.39, 0.29) is 5.17 Å². The van der Waals surface area contributed by atoms with Gasteiger partial charge in [0, 0.05) is 5.75 Å². The van der Waals surface area contributed by atoms with E-state index < -0.39 is 14.9 Å². The zero-order valence-corrected chi connectivity index (χ0v) is 15.9. The van der Waals surface area contributed by atoms with Gasteiger partial charge in [-0.2, -0.15) is 8.42 Å². The Bertz CT molecular complexity index is 684. The molecule has 0 radical (unpaired) electrons. The fourth-order valence-corrected chi connectivity index (χ4v) is 6.94. The van der Waals surface area contributed by atoms with Crippen molar-refractivity contribution in [3.63, 3.8) is 0 Å². The Kier molecular flexibility index (Phi) is 5.46. The third-order valence-corrected chi connectivity index (χ3v) is 8.15. The summed E-state index contributed by atoms with van der Waals surface area (Å²) in [5.74, 6) is 2.51. The number of benzene rings is 1. The monoisotopic (exact) mass is 382 g/mol. The summed E-state index contributed by atoms with van der Waals surface area (Å²) in [6.07, 6.45) is 5.77. The van der Waals surface area contributed by atoms with Crippen molar-refractivity contribution in [1.29, 1.82) is 5.41 Å². The minimum atomic E-state index is -3.82. The molecule has 4 aliphatic carbocycles. The number of hydrogen-bond acceptors (Lipinski definition) is 4. The standard InChI is InChI=1S/C10H16O3S.C8H10N2S/c11-14(12,13)10-4-7-1-8(5-10)3-9(2-7)6-10;9-8(10)11-6-7-4-2-1-3-5-7/h7-9H,1-6H2,(H,11,12,13);1-5H,6H2,(H3,9,10). The SMILES string of the molecule is N=C(N)SCc1ccccc1.O=S(=O)(O)C12CC3CC(CC(C3)C1)C2. The molecule has 1 aromatic rings. The predicted molar refractivity (Wildman–Crippen MR) is 102 cm³/mol. The quantitative estimate of drug-likeness (QED) is 0.420. The van der Waals surface area contributed by atoms with Crippen molar-refractivity contribution in [3.8, 4) is 0 Å². The van der Waals surface area contributed by atoms with Crippen molar-refractivity contribution >= 4 is 27.0 Å². The lowest BCUT2D eigenvalue weighted by molar-refractivity contribution is 0.0303. The normalized spacial score (nSPS) is 32.8. The molecule has 0 unspecified atom stereocenters. The Balaban J connectivity index is 0.000000151. The summed E-state index contributed by atoms with van der Waals surface area (Å²) in [6.45, 7) is 0. The van der Waals surface area contributed by atoms with Crippen LogP contribution in [0.3, 0.4) is 0 Å². The molecule has 0 aliphatic heterocycles. The molecular formula is C18H26N2O3S2. The lowest BCUT2D eigenvalue weighted by atomic mass is 9.56. The molecule has 0 aromatic heterocycles. The van der Waals surface area contributed by atoms with Crippen molar-refractivity contribution in [3.05, 3.63) is 35.9 Å². The largest absolute Gasteiger partial charge is 0.379 e. The molecule has 1 aromatic carbocycles. The first kappa shape index (κ1) is 18.7. The third-order valence-electron chi connectivity index (χ3n) is 5.77. The van der Waals surface area contributed by atoms with E-state index in [2.05, 4.69) is 0 Å². The zero-order valence-electron chi connectivity index (χ0n) is 14.2. The van der Waals surface area contributed by atoms with Crippen molar-refractivity contribution in [2.75, 3.05) is 0 Å². The maximum Gasteiger partial charge on any atom is 0.270 e. The van der Waals surface area contributed by atoms with Gasteiger partial charge >= 0.3 is 0 Å². The van der Waals surface area contributed by atoms with Crippen LogP contribution in [0.4, 0.5) is 0 Å². The van der Waals surface area contributed by atoms with Crippen molar-refractivity contribution < 1.29 is 13.0 Å². The van der Waals surface area contributed by atoms with Gasteiger partial charge < -0.3 is 5.73 Å². The third kappa shape index (κ3) is 4.38. The lowest BCUT2D eigenvalue weighted by Gasteiger charge is -2.54. The van der Waals surface area contributed by atoms with Crippen LogP contribution in [0.1, 0.15) is 44.1 Å². The fourth-order valence-electron chi connectivity index (χ4n) is 5.08. The highest BCUT2D eigenvalue weighted by Gasteiger charge is 2.57. The van der Waals surface area contributed by atoms with E-state index in [9.17, 15) is 13.0 Å². The van der Waals surface area contributed by atoms with Crippen LogP contribution in [-0.2, 0) is 15.9 Å². The molecule has 5 nitrogen and oxygen atoms in total. The first-order valence-corrected chi connectivity index (χ1v) is 11.2. The smallest absolute Gasteiger partial charge is 0.270 e. The Morgan fingerprint density at radius 3 is 2.00 bits per heavy atom. The minimum Gasteiger partial charge on any atom is -0.379 e. The zero-order chi connectivity index (χ0) is 18.1. The molecule has 7 heteroatoms. The van der Waals surface area contributed by atoms with E-state index in [1.807, 2.05) is 30.3 Å². The Labute approximate surface area is 154 Å². The van der Waals surface area contributed by atoms with Crippen molar-refractivity contribution in [2.24, 2.45) is 23.5 Å². The van der Waals surface area contributed by atoms with Crippen LogP contribution in [-0.4, -0.2) is 22.9 Å². The predicted octanol–water partition coefficient (Wildman–Crippen LogP) is 3.66. The van der Waals surface area contributed by atoms with Gasteiger partial charge in [0.05, 0.1) is 4.75 Å². The molecule has 4 bridgehead atoms. The summed E-state index contributed by atoms with van der Waals surface area (Å²) < 4.78 is 31.5. The Morgan fingerprint density at radius 2 is 1.60 bits per heavy atom. The molecule has 4 N–H and O–H groups in total. The molecule has 4 fully saturated rings. The minimum absolute atomic E-state index is 0.175. The number of nitrogens with one attached hydrogen (secondary N) is 1. The van der Waals surface area contributed by atoms with Gasteiger partial charge in [0.15, 0.2) is 5.17 Å². The average Bonchev–Trinajstić information content (AvgIpc) is 2.52. The maximum atomic E-state index is 11.4. The second-order valence-corrected chi connectivity index (χ2v) is 10.5. The maximum absolute atomic E-state index is 11.4. The molecule has 4 saturated carbocycles. The summed E-state index contributed by atoms with van der Waals surface area (Å²) in [5, 5.41) is 7.16. The Hall–Kier alpha value is -1.05. The van der Waals surface area contributed by atoms with Gasteiger partial charge in [-0.3, -0.25) is 9.96 Å². The summed E-state index contributed by atoms with van der Waals surface area (Å²) in [4.78, 5) is 0. The van der Waals surface area contributed by atoms with Crippen molar-refractivity contribution in [2.45, 2.75) is 49.0 Å². The van der Waals surface area contributed by atoms with Crippen LogP contribution in [0, 0.1) is 23.2 Å². The molecule has 0 saturated heterocycles. The van der Waals surface area contributed by atoms with E-state index in [0.29, 0.717) is 17.8 Å². The first-order chi connectivity index (χ1) is 11.8. The first-order valence-electron chi connectivity index (χ1n) is 8.75. The molecule has 0 heterocycles. The van der Waals surface area contributed by atoms with Crippen LogP contribution in [0.25, 0.3) is 0 Å². The molecule has 138 valence electrons. The number of thioether (sulfide) groups is 1. The summed E-state index contributed by atoms with van der Waals surface area (Å²) in [7, 11) is -3.82. The van der Waals surface area contributed by atoms with Gasteiger partial charge in [0.2, 0.25) is 0 Å². The van der Waals surface area contributed by atoms with Crippen LogP contribution < -0.4 is 5.73 Å². The van der Waals surface area contributed by atoms with Gasteiger partial charge in [-0.05, 0) is 61.8 Å². The van der Waals surface area contributed by atoms with Gasteiger partial charge in [0.1, 0.15) is 0 Å².